The number of halogens is 1. The second-order valence-corrected chi connectivity index (χ2v) is 3.74. The van der Waals surface area contributed by atoms with E-state index < -0.39 is 12.0 Å². The first kappa shape index (κ1) is 10.2. The molecule has 0 saturated heterocycles. The van der Waals surface area contributed by atoms with Crippen molar-refractivity contribution in [3.63, 3.8) is 0 Å². The van der Waals surface area contributed by atoms with Gasteiger partial charge in [0, 0.05) is 0 Å². The zero-order valence-electron chi connectivity index (χ0n) is 7.71. The number of hydrogen-bond donors (Lipinski definition) is 1. The van der Waals surface area contributed by atoms with Crippen molar-refractivity contribution in [2.24, 2.45) is 0 Å². The molecular weight excluding hydrogens is 236 g/mol. The van der Waals surface area contributed by atoms with Crippen LogP contribution in [-0.2, 0) is 4.79 Å². The van der Waals surface area contributed by atoms with Crippen molar-refractivity contribution in [3.05, 3.63) is 15.9 Å². The summed E-state index contributed by atoms with van der Waals surface area (Å²) in [7, 11) is 0. The van der Waals surface area contributed by atoms with E-state index in [1.54, 1.807) is 6.92 Å². The lowest BCUT2D eigenvalue weighted by molar-refractivity contribution is -0.140. The van der Waals surface area contributed by atoms with Crippen molar-refractivity contribution in [1.82, 2.24) is 9.78 Å². The average Bonchev–Trinajstić information content (AvgIpc) is 2.31. The fraction of sp³-hybridized carbons (Fsp3) is 0.500. The van der Waals surface area contributed by atoms with Crippen LogP contribution in [0.3, 0.4) is 0 Å². The lowest BCUT2D eigenvalue weighted by Gasteiger charge is -2.08. The lowest BCUT2D eigenvalue weighted by atomic mass is 10.3. The highest BCUT2D eigenvalue weighted by atomic mass is 79.9. The summed E-state index contributed by atoms with van der Waals surface area (Å²) in [5.74, 6) is -0.877. The maximum Gasteiger partial charge on any atom is 0.328 e. The molecular formula is C8H11BrN2O2. The third kappa shape index (κ3) is 1.75. The molecule has 13 heavy (non-hydrogen) atoms. The van der Waals surface area contributed by atoms with Gasteiger partial charge in [-0.25, -0.2) is 4.79 Å². The Hall–Kier alpha value is -0.840. The number of aryl methyl sites for hydroxylation is 1. The van der Waals surface area contributed by atoms with Crippen LogP contribution in [0.1, 0.15) is 24.4 Å². The zero-order valence-corrected chi connectivity index (χ0v) is 9.29. The molecule has 1 aromatic rings. The number of rotatable bonds is 2. The number of carboxylic acid groups (broad SMARTS) is 1. The molecule has 0 fully saturated rings. The predicted octanol–water partition coefficient (Wildman–Crippen LogP) is 1.91. The van der Waals surface area contributed by atoms with E-state index in [1.165, 1.54) is 4.68 Å². The smallest absolute Gasteiger partial charge is 0.328 e. The molecule has 0 aliphatic rings. The van der Waals surface area contributed by atoms with E-state index in [4.69, 9.17) is 5.11 Å². The van der Waals surface area contributed by atoms with Crippen LogP contribution in [0.2, 0.25) is 0 Å². The van der Waals surface area contributed by atoms with Gasteiger partial charge >= 0.3 is 5.97 Å². The molecule has 5 heteroatoms. The third-order valence-electron chi connectivity index (χ3n) is 1.96. The number of carboxylic acids is 1. The molecule has 0 aromatic carbocycles. The molecule has 1 atom stereocenters. The molecule has 72 valence electrons. The molecule has 0 amide bonds. The Morgan fingerprint density at radius 3 is 2.46 bits per heavy atom. The van der Waals surface area contributed by atoms with Crippen LogP contribution in [0, 0.1) is 13.8 Å². The van der Waals surface area contributed by atoms with E-state index in [0.29, 0.717) is 0 Å². The Labute approximate surface area is 84.7 Å². The minimum absolute atomic E-state index is 0.620. The highest BCUT2D eigenvalue weighted by molar-refractivity contribution is 9.10. The van der Waals surface area contributed by atoms with Crippen LogP contribution in [-0.4, -0.2) is 20.9 Å². The molecule has 0 aliphatic carbocycles. The Balaban J connectivity index is 3.15. The second kappa shape index (κ2) is 3.49. The van der Waals surface area contributed by atoms with Gasteiger partial charge in [0.15, 0.2) is 0 Å². The van der Waals surface area contributed by atoms with Crippen LogP contribution in [0.5, 0.6) is 0 Å². The number of aromatic nitrogens is 2. The van der Waals surface area contributed by atoms with E-state index >= 15 is 0 Å². The molecule has 0 bridgehead atoms. The van der Waals surface area contributed by atoms with Crippen molar-refractivity contribution < 1.29 is 9.90 Å². The molecule has 1 rings (SSSR count). The first-order valence-electron chi connectivity index (χ1n) is 3.89. The van der Waals surface area contributed by atoms with Gasteiger partial charge in [-0.15, -0.1) is 0 Å². The maximum absolute atomic E-state index is 10.7. The van der Waals surface area contributed by atoms with E-state index in [2.05, 4.69) is 21.0 Å². The van der Waals surface area contributed by atoms with Gasteiger partial charge in [0.25, 0.3) is 0 Å². The van der Waals surface area contributed by atoms with E-state index in [-0.39, 0.29) is 0 Å². The standard InChI is InChI=1S/C8H11BrN2O2/c1-4-7(9)5(2)11(10-4)6(3)8(12)13/h6H,1-3H3,(H,12,13)/t6-/m1/s1. The minimum Gasteiger partial charge on any atom is -0.480 e. The van der Waals surface area contributed by atoms with Gasteiger partial charge in [0.2, 0.25) is 0 Å². The largest absolute Gasteiger partial charge is 0.480 e. The fourth-order valence-electron chi connectivity index (χ4n) is 1.12. The van der Waals surface area contributed by atoms with Crippen molar-refractivity contribution in [2.75, 3.05) is 0 Å². The van der Waals surface area contributed by atoms with Crippen molar-refractivity contribution >= 4 is 21.9 Å². The Morgan fingerprint density at radius 2 is 2.15 bits per heavy atom. The SMILES string of the molecule is Cc1nn([C@H](C)C(=O)O)c(C)c1Br. The minimum atomic E-state index is -0.877. The van der Waals surface area contributed by atoms with Gasteiger partial charge in [0.1, 0.15) is 6.04 Å². The summed E-state index contributed by atoms with van der Waals surface area (Å²) in [5, 5.41) is 12.9. The maximum atomic E-state index is 10.7. The van der Waals surface area contributed by atoms with Crippen molar-refractivity contribution in [1.29, 1.82) is 0 Å². The molecule has 0 aliphatic heterocycles. The summed E-state index contributed by atoms with van der Waals surface area (Å²) >= 11 is 3.34. The summed E-state index contributed by atoms with van der Waals surface area (Å²) in [6.07, 6.45) is 0. The molecule has 1 N–H and O–H groups in total. The predicted molar refractivity (Wildman–Crippen MR) is 51.7 cm³/mol. The quantitative estimate of drug-likeness (QED) is 0.868. The van der Waals surface area contributed by atoms with Gasteiger partial charge in [-0.05, 0) is 36.7 Å². The topological polar surface area (TPSA) is 55.1 Å². The Bertz CT molecular complexity index is 346. The van der Waals surface area contributed by atoms with Crippen LogP contribution < -0.4 is 0 Å². The fourth-order valence-corrected chi connectivity index (χ4v) is 1.39. The molecule has 0 saturated carbocycles. The molecule has 1 aromatic heterocycles. The number of hydrogen-bond acceptors (Lipinski definition) is 2. The van der Waals surface area contributed by atoms with Gasteiger partial charge in [-0.2, -0.15) is 5.10 Å². The number of carbonyl (C=O) groups is 1. The monoisotopic (exact) mass is 246 g/mol. The van der Waals surface area contributed by atoms with E-state index in [0.717, 1.165) is 15.9 Å². The average molecular weight is 247 g/mol. The summed E-state index contributed by atoms with van der Waals surface area (Å²) in [5.41, 5.74) is 1.65. The molecule has 4 nitrogen and oxygen atoms in total. The summed E-state index contributed by atoms with van der Waals surface area (Å²) in [4.78, 5) is 10.7. The molecule has 0 unspecified atom stereocenters. The van der Waals surface area contributed by atoms with Crippen LogP contribution >= 0.6 is 15.9 Å². The first-order valence-corrected chi connectivity index (χ1v) is 4.68. The normalized spacial score (nSPS) is 12.9. The number of nitrogens with zero attached hydrogens (tertiary/aromatic N) is 2. The third-order valence-corrected chi connectivity index (χ3v) is 3.11. The van der Waals surface area contributed by atoms with Gasteiger partial charge < -0.3 is 5.11 Å². The van der Waals surface area contributed by atoms with Crippen molar-refractivity contribution in [3.8, 4) is 0 Å². The van der Waals surface area contributed by atoms with Crippen molar-refractivity contribution in [2.45, 2.75) is 26.8 Å². The van der Waals surface area contributed by atoms with E-state index in [9.17, 15) is 4.79 Å². The highest BCUT2D eigenvalue weighted by Crippen LogP contribution is 2.22. The van der Waals surface area contributed by atoms with Gasteiger partial charge in [-0.1, -0.05) is 0 Å². The first-order chi connectivity index (χ1) is 5.95. The van der Waals surface area contributed by atoms with Gasteiger partial charge in [0.05, 0.1) is 15.9 Å². The molecule has 0 spiro atoms. The Kier molecular flexibility index (Phi) is 2.75. The van der Waals surface area contributed by atoms with Crippen LogP contribution in [0.15, 0.2) is 4.47 Å². The summed E-state index contributed by atoms with van der Waals surface area (Å²) in [6.45, 7) is 5.28. The highest BCUT2D eigenvalue weighted by Gasteiger charge is 2.18. The van der Waals surface area contributed by atoms with Crippen LogP contribution in [0.4, 0.5) is 0 Å². The number of aliphatic carboxylic acids is 1. The lowest BCUT2D eigenvalue weighted by Crippen LogP contribution is -2.17. The van der Waals surface area contributed by atoms with Crippen LogP contribution in [0.25, 0.3) is 0 Å². The Morgan fingerprint density at radius 1 is 1.62 bits per heavy atom. The molecule has 1 heterocycles. The summed E-state index contributed by atoms with van der Waals surface area (Å²) < 4.78 is 2.38. The van der Waals surface area contributed by atoms with E-state index in [1.807, 2.05) is 13.8 Å². The second-order valence-electron chi connectivity index (χ2n) is 2.94. The van der Waals surface area contributed by atoms with Gasteiger partial charge in [-0.3, -0.25) is 4.68 Å². The summed E-state index contributed by atoms with van der Waals surface area (Å²) in [6, 6.07) is -0.620. The zero-order chi connectivity index (χ0) is 10.2. The molecule has 0 radical (unpaired) electrons.